The fourth-order valence-corrected chi connectivity index (χ4v) is 3.66. The fraction of sp³-hybridized carbons (Fsp3) is 1.00. The molecule has 0 aromatic carbocycles. The highest BCUT2D eigenvalue weighted by Crippen LogP contribution is 2.24. The zero-order valence-electron chi connectivity index (χ0n) is 10.4. The third-order valence-corrected chi connectivity index (χ3v) is 5.26. The van der Waals surface area contributed by atoms with Gasteiger partial charge in [-0.05, 0) is 32.4 Å². The van der Waals surface area contributed by atoms with Crippen LogP contribution >= 0.6 is 0 Å². The lowest BCUT2D eigenvalue weighted by Gasteiger charge is -2.23. The minimum absolute atomic E-state index is 0.254. The number of hydrogen-bond donors (Lipinski definition) is 1. The Morgan fingerprint density at radius 1 is 1.31 bits per heavy atom. The van der Waals surface area contributed by atoms with Crippen molar-refractivity contribution in [3.8, 4) is 0 Å². The Hall–Kier alpha value is -0.130. The summed E-state index contributed by atoms with van der Waals surface area (Å²) < 4.78 is 25.6. The van der Waals surface area contributed by atoms with Crippen LogP contribution in [0.4, 0.5) is 0 Å². The van der Waals surface area contributed by atoms with E-state index in [-0.39, 0.29) is 11.8 Å². The molecule has 16 heavy (non-hydrogen) atoms. The molecule has 4 nitrogen and oxygen atoms in total. The number of sulfonamides is 1. The van der Waals surface area contributed by atoms with E-state index in [9.17, 15) is 8.42 Å². The predicted octanol–water partition coefficient (Wildman–Crippen LogP) is 1.19. The molecule has 5 heteroatoms. The first-order valence-corrected chi connectivity index (χ1v) is 7.85. The van der Waals surface area contributed by atoms with Crippen LogP contribution in [0.1, 0.15) is 39.0 Å². The van der Waals surface area contributed by atoms with Crippen molar-refractivity contribution in [3.05, 3.63) is 0 Å². The molecule has 0 radical (unpaired) electrons. The molecule has 96 valence electrons. The zero-order chi connectivity index (χ0) is 12.0. The van der Waals surface area contributed by atoms with Crippen molar-refractivity contribution in [2.24, 2.45) is 0 Å². The van der Waals surface area contributed by atoms with Crippen molar-refractivity contribution in [2.45, 2.75) is 45.1 Å². The third kappa shape index (κ3) is 4.03. The summed E-state index contributed by atoms with van der Waals surface area (Å²) in [4.78, 5) is 0. The van der Waals surface area contributed by atoms with Gasteiger partial charge in [0.15, 0.2) is 0 Å². The van der Waals surface area contributed by atoms with Crippen molar-refractivity contribution in [1.29, 1.82) is 0 Å². The van der Waals surface area contributed by atoms with E-state index in [0.29, 0.717) is 6.42 Å². The number of rotatable bonds is 7. The number of nitrogens with zero attached hydrogens (tertiary/aromatic N) is 1. The first-order chi connectivity index (χ1) is 7.58. The molecule has 0 heterocycles. The Bertz CT molecular complexity index is 284. The lowest BCUT2D eigenvalue weighted by atomic mass is 10.3. The van der Waals surface area contributed by atoms with E-state index < -0.39 is 10.0 Å². The standard InChI is InChI=1S/C11H24N2O2S/c1-3-12-9-6-10-16(14,15)13(2)11-7-4-5-8-11/h11-12H,3-10H2,1-2H3. The lowest BCUT2D eigenvalue weighted by Crippen LogP contribution is -2.37. The van der Waals surface area contributed by atoms with Crippen molar-refractivity contribution in [2.75, 3.05) is 25.9 Å². The van der Waals surface area contributed by atoms with E-state index in [0.717, 1.165) is 25.9 Å². The fourth-order valence-electron chi connectivity index (χ4n) is 2.20. The van der Waals surface area contributed by atoms with E-state index >= 15 is 0 Å². The van der Waals surface area contributed by atoms with Gasteiger partial charge in [0.05, 0.1) is 5.75 Å². The predicted molar refractivity (Wildman–Crippen MR) is 67.0 cm³/mol. The largest absolute Gasteiger partial charge is 0.317 e. The Labute approximate surface area is 99.5 Å². The minimum Gasteiger partial charge on any atom is -0.317 e. The molecule has 0 unspecified atom stereocenters. The van der Waals surface area contributed by atoms with Gasteiger partial charge in [-0.25, -0.2) is 12.7 Å². The second-order valence-corrected chi connectivity index (χ2v) is 6.63. The maximum absolute atomic E-state index is 12.0. The molecule has 0 amide bonds. The van der Waals surface area contributed by atoms with Gasteiger partial charge in [0.1, 0.15) is 0 Å². The lowest BCUT2D eigenvalue weighted by molar-refractivity contribution is 0.372. The Kier molecular flexibility index (Phi) is 5.72. The van der Waals surface area contributed by atoms with Gasteiger partial charge in [-0.2, -0.15) is 0 Å². The molecule has 0 spiro atoms. The van der Waals surface area contributed by atoms with Crippen LogP contribution in [0.15, 0.2) is 0 Å². The Morgan fingerprint density at radius 2 is 1.94 bits per heavy atom. The SMILES string of the molecule is CCNCCCS(=O)(=O)N(C)C1CCCC1. The smallest absolute Gasteiger partial charge is 0.214 e. The Morgan fingerprint density at radius 3 is 2.50 bits per heavy atom. The Balaban J connectivity index is 2.36. The monoisotopic (exact) mass is 248 g/mol. The number of hydrogen-bond acceptors (Lipinski definition) is 3. The summed E-state index contributed by atoms with van der Waals surface area (Å²) in [6.07, 6.45) is 5.10. The molecule has 1 N–H and O–H groups in total. The topological polar surface area (TPSA) is 49.4 Å². The van der Waals surface area contributed by atoms with Crippen LogP contribution in [0.2, 0.25) is 0 Å². The van der Waals surface area contributed by atoms with Gasteiger partial charge in [-0.1, -0.05) is 19.8 Å². The molecule has 1 saturated carbocycles. The van der Waals surface area contributed by atoms with Crippen LogP contribution in [0.3, 0.4) is 0 Å². The summed E-state index contributed by atoms with van der Waals surface area (Å²) in [5, 5.41) is 3.15. The van der Waals surface area contributed by atoms with Gasteiger partial charge in [0, 0.05) is 13.1 Å². The quantitative estimate of drug-likeness (QED) is 0.689. The maximum Gasteiger partial charge on any atom is 0.214 e. The van der Waals surface area contributed by atoms with E-state index in [1.165, 1.54) is 12.8 Å². The summed E-state index contributed by atoms with van der Waals surface area (Å²) in [5.41, 5.74) is 0. The van der Waals surface area contributed by atoms with Crippen LogP contribution in [-0.2, 0) is 10.0 Å². The molecule has 1 rings (SSSR count). The average molecular weight is 248 g/mol. The van der Waals surface area contributed by atoms with Crippen molar-refractivity contribution < 1.29 is 8.42 Å². The first-order valence-electron chi connectivity index (χ1n) is 6.24. The maximum atomic E-state index is 12.0. The van der Waals surface area contributed by atoms with Gasteiger partial charge >= 0.3 is 0 Å². The first kappa shape index (κ1) is 13.9. The highest BCUT2D eigenvalue weighted by Gasteiger charge is 2.27. The molecule has 0 bridgehead atoms. The molecule has 0 aromatic heterocycles. The summed E-state index contributed by atoms with van der Waals surface area (Å²) in [5.74, 6) is 0.271. The van der Waals surface area contributed by atoms with Gasteiger partial charge in [-0.15, -0.1) is 0 Å². The second-order valence-electron chi connectivity index (χ2n) is 4.48. The van der Waals surface area contributed by atoms with Gasteiger partial charge < -0.3 is 5.32 Å². The van der Waals surface area contributed by atoms with E-state index in [1.54, 1.807) is 11.4 Å². The van der Waals surface area contributed by atoms with Gasteiger partial charge in [0.25, 0.3) is 0 Å². The summed E-state index contributed by atoms with van der Waals surface area (Å²) in [6, 6.07) is 0.254. The van der Waals surface area contributed by atoms with Gasteiger partial charge in [-0.3, -0.25) is 0 Å². The van der Waals surface area contributed by atoms with Crippen molar-refractivity contribution in [1.82, 2.24) is 9.62 Å². The van der Waals surface area contributed by atoms with Crippen LogP contribution in [0.25, 0.3) is 0 Å². The molecule has 0 aliphatic heterocycles. The molecule has 1 aliphatic rings. The molecule has 1 aliphatic carbocycles. The van der Waals surface area contributed by atoms with Crippen LogP contribution in [-0.4, -0.2) is 44.7 Å². The van der Waals surface area contributed by atoms with Gasteiger partial charge in [0.2, 0.25) is 10.0 Å². The van der Waals surface area contributed by atoms with Crippen molar-refractivity contribution >= 4 is 10.0 Å². The highest BCUT2D eigenvalue weighted by atomic mass is 32.2. The molecule has 0 aromatic rings. The van der Waals surface area contributed by atoms with Crippen LogP contribution < -0.4 is 5.32 Å². The normalized spacial score (nSPS) is 18.4. The van der Waals surface area contributed by atoms with E-state index in [2.05, 4.69) is 5.32 Å². The second kappa shape index (κ2) is 6.57. The van der Waals surface area contributed by atoms with Crippen LogP contribution in [0.5, 0.6) is 0 Å². The summed E-state index contributed by atoms with van der Waals surface area (Å²) in [6.45, 7) is 3.71. The average Bonchev–Trinajstić information content (AvgIpc) is 2.76. The molecule has 0 saturated heterocycles. The summed E-state index contributed by atoms with van der Waals surface area (Å²) in [7, 11) is -1.30. The number of nitrogens with one attached hydrogen (secondary N) is 1. The molecular formula is C11H24N2O2S. The minimum atomic E-state index is -3.03. The molecular weight excluding hydrogens is 224 g/mol. The van der Waals surface area contributed by atoms with E-state index in [4.69, 9.17) is 0 Å². The molecule has 0 atom stereocenters. The third-order valence-electron chi connectivity index (χ3n) is 3.28. The molecule has 1 fully saturated rings. The van der Waals surface area contributed by atoms with E-state index in [1.807, 2.05) is 6.92 Å². The summed E-state index contributed by atoms with van der Waals surface area (Å²) >= 11 is 0. The highest BCUT2D eigenvalue weighted by molar-refractivity contribution is 7.89. The van der Waals surface area contributed by atoms with Crippen molar-refractivity contribution in [3.63, 3.8) is 0 Å². The zero-order valence-corrected chi connectivity index (χ0v) is 11.2. The van der Waals surface area contributed by atoms with Crippen LogP contribution in [0, 0.1) is 0 Å².